The topological polar surface area (TPSA) is 111 Å². The quantitative estimate of drug-likeness (QED) is 0.491. The smallest absolute Gasteiger partial charge is 0.277 e. The second-order valence-electron chi connectivity index (χ2n) is 6.11. The summed E-state index contributed by atoms with van der Waals surface area (Å²) in [5.74, 6) is 1.90. The summed E-state index contributed by atoms with van der Waals surface area (Å²) in [5.41, 5.74) is 1.16. The van der Waals surface area contributed by atoms with Gasteiger partial charge in [-0.1, -0.05) is 5.16 Å². The number of hydrogen-bond donors (Lipinski definition) is 1. The number of ether oxygens (including phenoxy) is 2. The number of nitrogens with one attached hydrogen (secondary N) is 1. The van der Waals surface area contributed by atoms with E-state index >= 15 is 0 Å². The van der Waals surface area contributed by atoms with Gasteiger partial charge in [-0.2, -0.15) is 5.26 Å². The van der Waals surface area contributed by atoms with E-state index in [1.807, 2.05) is 6.07 Å². The van der Waals surface area contributed by atoms with Crippen LogP contribution in [0.5, 0.6) is 17.2 Å². The molecule has 1 amide bonds. The highest BCUT2D eigenvalue weighted by atomic mass is 16.5. The minimum atomic E-state index is -0.418. The predicted molar refractivity (Wildman–Crippen MR) is 106 cm³/mol. The summed E-state index contributed by atoms with van der Waals surface area (Å²) in [6, 6.07) is 18.7. The number of carbonyl (C=O) groups is 1. The number of rotatable bonds is 6. The number of amides is 1. The summed E-state index contributed by atoms with van der Waals surface area (Å²) in [7, 11) is 1.50. The molecule has 0 aliphatic heterocycles. The van der Waals surface area contributed by atoms with Gasteiger partial charge < -0.3 is 23.7 Å². The Balaban J connectivity index is 1.43. The average Bonchev–Trinajstić information content (AvgIpc) is 3.47. The molecular weight excluding hydrogens is 386 g/mol. The van der Waals surface area contributed by atoms with Crippen LogP contribution < -0.4 is 14.8 Å². The van der Waals surface area contributed by atoms with E-state index in [0.717, 1.165) is 0 Å². The number of furan rings is 1. The molecule has 0 saturated carbocycles. The molecule has 1 N–H and O–H groups in total. The van der Waals surface area contributed by atoms with Gasteiger partial charge in [0.15, 0.2) is 23.0 Å². The van der Waals surface area contributed by atoms with Gasteiger partial charge in [0.1, 0.15) is 5.75 Å². The summed E-state index contributed by atoms with van der Waals surface area (Å²) >= 11 is 0. The molecule has 0 atom stereocenters. The number of methoxy groups -OCH3 is 1. The van der Waals surface area contributed by atoms with Crippen LogP contribution in [0.1, 0.15) is 16.1 Å². The Morgan fingerprint density at radius 1 is 1.07 bits per heavy atom. The molecular formula is C22H15N3O5. The highest BCUT2D eigenvalue weighted by Gasteiger charge is 2.15. The Labute approximate surface area is 171 Å². The van der Waals surface area contributed by atoms with Crippen LogP contribution in [0.3, 0.4) is 0 Å². The van der Waals surface area contributed by atoms with Gasteiger partial charge in [-0.15, -0.1) is 0 Å². The largest absolute Gasteiger partial charge is 0.493 e. The zero-order valence-electron chi connectivity index (χ0n) is 15.8. The van der Waals surface area contributed by atoms with Gasteiger partial charge in [-0.25, -0.2) is 0 Å². The molecule has 2 aromatic heterocycles. The van der Waals surface area contributed by atoms with E-state index < -0.39 is 5.91 Å². The molecule has 0 aliphatic rings. The van der Waals surface area contributed by atoms with Crippen molar-refractivity contribution in [3.05, 3.63) is 78.2 Å². The zero-order chi connectivity index (χ0) is 20.9. The van der Waals surface area contributed by atoms with Gasteiger partial charge in [-0.3, -0.25) is 4.79 Å². The third kappa shape index (κ3) is 4.00. The molecule has 2 heterocycles. The molecule has 0 saturated heterocycles. The van der Waals surface area contributed by atoms with Crippen molar-refractivity contribution in [1.82, 2.24) is 5.16 Å². The number of carbonyl (C=O) groups excluding carboxylic acids is 1. The number of anilines is 1. The first kappa shape index (κ1) is 18.8. The fourth-order valence-electron chi connectivity index (χ4n) is 2.67. The normalized spacial score (nSPS) is 10.3. The van der Waals surface area contributed by atoms with Crippen molar-refractivity contribution in [2.75, 3.05) is 12.4 Å². The molecule has 30 heavy (non-hydrogen) atoms. The Hall–Kier alpha value is -4.51. The molecule has 0 aliphatic carbocycles. The van der Waals surface area contributed by atoms with Gasteiger partial charge in [0.2, 0.25) is 5.76 Å². The van der Waals surface area contributed by atoms with Crippen molar-refractivity contribution < 1.29 is 23.2 Å². The minimum Gasteiger partial charge on any atom is -0.493 e. The molecule has 0 bridgehead atoms. The zero-order valence-corrected chi connectivity index (χ0v) is 15.8. The van der Waals surface area contributed by atoms with E-state index in [2.05, 4.69) is 10.5 Å². The first-order chi connectivity index (χ1) is 14.7. The van der Waals surface area contributed by atoms with Crippen molar-refractivity contribution in [2.24, 2.45) is 0 Å². The molecule has 0 spiro atoms. The first-order valence-electron chi connectivity index (χ1n) is 8.84. The van der Waals surface area contributed by atoms with Crippen molar-refractivity contribution in [1.29, 1.82) is 5.26 Å². The number of nitriles is 1. The highest BCUT2D eigenvalue weighted by Crippen LogP contribution is 2.32. The van der Waals surface area contributed by atoms with Gasteiger partial charge in [-0.05, 0) is 48.5 Å². The van der Waals surface area contributed by atoms with Crippen LogP contribution >= 0.6 is 0 Å². The molecule has 8 nitrogen and oxygen atoms in total. The third-order valence-corrected chi connectivity index (χ3v) is 4.14. The summed E-state index contributed by atoms with van der Waals surface area (Å²) < 4.78 is 21.4. The molecule has 0 fully saturated rings. The van der Waals surface area contributed by atoms with Crippen LogP contribution in [0.15, 0.2) is 75.9 Å². The fraction of sp³-hybridized carbons (Fsp3) is 0.0455. The number of hydrogen-bond acceptors (Lipinski definition) is 7. The van der Waals surface area contributed by atoms with Gasteiger partial charge in [0.05, 0.1) is 25.0 Å². The molecule has 4 rings (SSSR count). The molecule has 0 unspecified atom stereocenters. The third-order valence-electron chi connectivity index (χ3n) is 4.14. The van der Waals surface area contributed by atoms with E-state index in [1.54, 1.807) is 54.6 Å². The molecule has 8 heteroatoms. The number of aromatic nitrogens is 1. The van der Waals surface area contributed by atoms with Crippen LogP contribution in [0.2, 0.25) is 0 Å². The maximum atomic E-state index is 12.4. The summed E-state index contributed by atoms with van der Waals surface area (Å²) in [6.45, 7) is 0. The Morgan fingerprint density at radius 3 is 2.60 bits per heavy atom. The van der Waals surface area contributed by atoms with Crippen LogP contribution in [-0.2, 0) is 0 Å². The van der Waals surface area contributed by atoms with Crippen LogP contribution in [0.25, 0.3) is 11.5 Å². The molecule has 0 radical (unpaired) electrons. The van der Waals surface area contributed by atoms with Gasteiger partial charge >= 0.3 is 0 Å². The molecule has 148 valence electrons. The maximum absolute atomic E-state index is 12.4. The fourth-order valence-corrected chi connectivity index (χ4v) is 2.67. The second kappa shape index (κ2) is 8.24. The van der Waals surface area contributed by atoms with E-state index in [0.29, 0.717) is 40.0 Å². The van der Waals surface area contributed by atoms with Crippen LogP contribution in [0, 0.1) is 11.3 Å². The Morgan fingerprint density at radius 2 is 1.90 bits per heavy atom. The monoisotopic (exact) mass is 401 g/mol. The highest BCUT2D eigenvalue weighted by molar-refractivity contribution is 6.03. The van der Waals surface area contributed by atoms with Crippen molar-refractivity contribution in [2.45, 2.75) is 0 Å². The van der Waals surface area contributed by atoms with E-state index in [1.165, 1.54) is 19.4 Å². The first-order valence-corrected chi connectivity index (χ1v) is 8.84. The summed E-state index contributed by atoms with van der Waals surface area (Å²) in [4.78, 5) is 12.4. The van der Waals surface area contributed by atoms with Crippen LogP contribution in [0.4, 0.5) is 5.69 Å². The van der Waals surface area contributed by atoms with Crippen molar-refractivity contribution in [3.63, 3.8) is 0 Å². The van der Waals surface area contributed by atoms with Crippen LogP contribution in [-0.4, -0.2) is 18.2 Å². The lowest BCUT2D eigenvalue weighted by Gasteiger charge is -2.11. The van der Waals surface area contributed by atoms with Crippen molar-refractivity contribution in [3.8, 4) is 34.8 Å². The summed E-state index contributed by atoms with van der Waals surface area (Å²) in [5, 5.41) is 15.5. The average molecular weight is 401 g/mol. The Kier molecular flexibility index (Phi) is 5.17. The lowest BCUT2D eigenvalue weighted by atomic mass is 10.2. The standard InChI is InChI=1S/C22H15N3O5/c1-27-20-11-14(13-23)4-9-19(20)29-16-7-5-15(6-8-16)24-22(26)17-12-21(30-25-17)18-3-2-10-28-18/h2-12H,1H3,(H,24,26). The lowest BCUT2D eigenvalue weighted by molar-refractivity contribution is 0.101. The predicted octanol–water partition coefficient (Wildman–Crippen LogP) is 4.86. The van der Waals surface area contributed by atoms with Crippen molar-refractivity contribution >= 4 is 11.6 Å². The van der Waals surface area contributed by atoms with E-state index in [-0.39, 0.29) is 5.69 Å². The van der Waals surface area contributed by atoms with E-state index in [4.69, 9.17) is 23.7 Å². The Bertz CT molecular complexity index is 1200. The lowest BCUT2D eigenvalue weighted by Crippen LogP contribution is -2.11. The minimum absolute atomic E-state index is 0.129. The second-order valence-corrected chi connectivity index (χ2v) is 6.11. The van der Waals surface area contributed by atoms with E-state index in [9.17, 15) is 4.79 Å². The number of benzene rings is 2. The SMILES string of the molecule is COc1cc(C#N)ccc1Oc1ccc(NC(=O)c2cc(-c3ccco3)on2)cc1. The number of nitrogens with zero attached hydrogens (tertiary/aromatic N) is 2. The maximum Gasteiger partial charge on any atom is 0.277 e. The van der Waals surface area contributed by atoms with Gasteiger partial charge in [0.25, 0.3) is 5.91 Å². The van der Waals surface area contributed by atoms with Gasteiger partial charge in [0, 0.05) is 17.8 Å². The molecule has 4 aromatic rings. The molecule has 2 aromatic carbocycles. The summed E-state index contributed by atoms with van der Waals surface area (Å²) in [6.07, 6.45) is 1.51.